The molecular formula is C14H21FN2O2. The van der Waals surface area contributed by atoms with Crippen LogP contribution in [0, 0.1) is 5.82 Å². The fourth-order valence-electron chi connectivity index (χ4n) is 1.78. The molecule has 1 rings (SSSR count). The van der Waals surface area contributed by atoms with E-state index in [-0.39, 0.29) is 17.8 Å². The summed E-state index contributed by atoms with van der Waals surface area (Å²) in [4.78, 5) is 11.7. The minimum Gasteiger partial charge on any atom is -0.375 e. The smallest absolute Gasteiger partial charge is 0.237 e. The van der Waals surface area contributed by atoms with Gasteiger partial charge in [0.15, 0.2) is 0 Å². The Hall–Kier alpha value is -1.46. The van der Waals surface area contributed by atoms with E-state index in [1.807, 2.05) is 6.92 Å². The summed E-state index contributed by atoms with van der Waals surface area (Å²) in [5.74, 6) is -0.487. The maximum Gasteiger partial charge on any atom is 0.237 e. The Morgan fingerprint density at radius 2 is 2.05 bits per heavy atom. The van der Waals surface area contributed by atoms with Gasteiger partial charge in [0, 0.05) is 13.7 Å². The van der Waals surface area contributed by atoms with E-state index in [2.05, 4.69) is 5.32 Å². The van der Waals surface area contributed by atoms with Gasteiger partial charge in [-0.05, 0) is 24.1 Å². The normalized spacial score (nSPS) is 13.9. The van der Waals surface area contributed by atoms with Crippen LogP contribution in [0.1, 0.15) is 31.4 Å². The molecule has 1 amide bonds. The summed E-state index contributed by atoms with van der Waals surface area (Å²) in [6.07, 6.45) is 1.21. The summed E-state index contributed by atoms with van der Waals surface area (Å²) < 4.78 is 18.1. The minimum absolute atomic E-state index is 0.189. The quantitative estimate of drug-likeness (QED) is 0.792. The third-order valence-corrected chi connectivity index (χ3v) is 2.92. The third kappa shape index (κ3) is 4.96. The summed E-state index contributed by atoms with van der Waals surface area (Å²) in [5, 5.41) is 2.75. The Balaban J connectivity index is 2.53. The number of carbonyl (C=O) groups excluding carboxylic acids is 1. The first-order chi connectivity index (χ1) is 9.08. The lowest BCUT2D eigenvalue weighted by molar-refractivity contribution is -0.123. The number of ether oxygens (including phenoxy) is 1. The third-order valence-electron chi connectivity index (χ3n) is 2.92. The van der Waals surface area contributed by atoms with Gasteiger partial charge in [0.2, 0.25) is 5.91 Å². The molecule has 0 aliphatic heterocycles. The predicted octanol–water partition coefficient (Wildman–Crippen LogP) is 1.76. The van der Waals surface area contributed by atoms with Gasteiger partial charge in [-0.25, -0.2) is 4.39 Å². The molecule has 2 atom stereocenters. The molecule has 3 N–H and O–H groups in total. The van der Waals surface area contributed by atoms with E-state index in [4.69, 9.17) is 10.5 Å². The highest BCUT2D eigenvalue weighted by Gasteiger charge is 2.15. The highest BCUT2D eigenvalue weighted by Crippen LogP contribution is 2.16. The Labute approximate surface area is 113 Å². The zero-order chi connectivity index (χ0) is 14.3. The number of hydrogen-bond acceptors (Lipinski definition) is 3. The van der Waals surface area contributed by atoms with E-state index in [9.17, 15) is 9.18 Å². The maximum atomic E-state index is 12.8. The fourth-order valence-corrected chi connectivity index (χ4v) is 1.78. The van der Waals surface area contributed by atoms with Crippen LogP contribution >= 0.6 is 0 Å². The molecular weight excluding hydrogens is 247 g/mol. The van der Waals surface area contributed by atoms with E-state index in [1.165, 1.54) is 12.1 Å². The molecule has 19 heavy (non-hydrogen) atoms. The van der Waals surface area contributed by atoms with Gasteiger partial charge in [0.1, 0.15) is 5.82 Å². The second-order valence-electron chi connectivity index (χ2n) is 4.42. The average molecular weight is 268 g/mol. The van der Waals surface area contributed by atoms with Crippen molar-refractivity contribution in [3.8, 4) is 0 Å². The Morgan fingerprint density at radius 1 is 1.42 bits per heavy atom. The van der Waals surface area contributed by atoms with Crippen molar-refractivity contribution in [3.05, 3.63) is 35.6 Å². The fraction of sp³-hybridized carbons (Fsp3) is 0.500. The molecule has 1 aromatic rings. The number of halogens is 1. The molecule has 0 bridgehead atoms. The molecule has 0 radical (unpaired) electrons. The molecule has 0 aliphatic carbocycles. The topological polar surface area (TPSA) is 64.4 Å². The number of nitrogens with one attached hydrogen (secondary N) is 1. The van der Waals surface area contributed by atoms with Gasteiger partial charge in [0.25, 0.3) is 0 Å². The second-order valence-corrected chi connectivity index (χ2v) is 4.42. The van der Waals surface area contributed by atoms with Gasteiger partial charge >= 0.3 is 0 Å². The van der Waals surface area contributed by atoms with Crippen molar-refractivity contribution in [2.45, 2.75) is 31.9 Å². The number of methoxy groups -OCH3 is 1. The van der Waals surface area contributed by atoms with Crippen LogP contribution in [-0.2, 0) is 9.53 Å². The molecule has 0 aromatic heterocycles. The van der Waals surface area contributed by atoms with Crippen molar-refractivity contribution in [1.29, 1.82) is 0 Å². The van der Waals surface area contributed by atoms with Gasteiger partial charge < -0.3 is 15.8 Å². The van der Waals surface area contributed by atoms with Crippen LogP contribution in [0.2, 0.25) is 0 Å². The highest BCUT2D eigenvalue weighted by atomic mass is 19.1. The summed E-state index contributed by atoms with van der Waals surface area (Å²) >= 11 is 0. The Bertz CT molecular complexity index is 395. The molecule has 0 saturated carbocycles. The van der Waals surface area contributed by atoms with Crippen LogP contribution in [0.3, 0.4) is 0 Å². The molecule has 0 spiro atoms. The van der Waals surface area contributed by atoms with Gasteiger partial charge in [-0.3, -0.25) is 4.79 Å². The lowest BCUT2D eigenvalue weighted by Gasteiger charge is -2.18. The molecule has 0 saturated heterocycles. The average Bonchev–Trinajstić information content (AvgIpc) is 2.41. The molecule has 106 valence electrons. The predicted molar refractivity (Wildman–Crippen MR) is 72.0 cm³/mol. The number of benzene rings is 1. The lowest BCUT2D eigenvalue weighted by atomic mass is 10.1. The zero-order valence-electron chi connectivity index (χ0n) is 11.4. The first kappa shape index (κ1) is 15.6. The van der Waals surface area contributed by atoms with Crippen molar-refractivity contribution in [2.75, 3.05) is 13.7 Å². The molecule has 0 heterocycles. The molecule has 0 aliphatic rings. The summed E-state index contributed by atoms with van der Waals surface area (Å²) in [5.41, 5.74) is 6.52. The Morgan fingerprint density at radius 3 is 2.58 bits per heavy atom. The van der Waals surface area contributed by atoms with E-state index < -0.39 is 6.04 Å². The van der Waals surface area contributed by atoms with Crippen molar-refractivity contribution in [3.63, 3.8) is 0 Å². The zero-order valence-corrected chi connectivity index (χ0v) is 11.4. The van der Waals surface area contributed by atoms with E-state index in [1.54, 1.807) is 19.2 Å². The number of carbonyl (C=O) groups is 1. The first-order valence-corrected chi connectivity index (χ1v) is 6.40. The van der Waals surface area contributed by atoms with Crippen LogP contribution < -0.4 is 11.1 Å². The summed E-state index contributed by atoms with van der Waals surface area (Å²) in [6.45, 7) is 2.29. The molecule has 1 aromatic carbocycles. The van der Waals surface area contributed by atoms with Gasteiger partial charge in [0.05, 0.1) is 12.1 Å². The first-order valence-electron chi connectivity index (χ1n) is 6.40. The molecule has 5 heteroatoms. The van der Waals surface area contributed by atoms with Crippen molar-refractivity contribution in [1.82, 2.24) is 5.32 Å². The SMILES string of the molecule is CCCC(N)C(=O)NCC(OC)c1ccc(F)cc1. The maximum absolute atomic E-state index is 12.8. The second kappa shape index (κ2) is 7.86. The van der Waals surface area contributed by atoms with Gasteiger partial charge in [-0.1, -0.05) is 25.5 Å². The number of amides is 1. The van der Waals surface area contributed by atoms with E-state index in [0.717, 1.165) is 12.0 Å². The summed E-state index contributed by atoms with van der Waals surface area (Å²) in [6, 6.07) is 5.53. The van der Waals surface area contributed by atoms with Gasteiger partial charge in [-0.2, -0.15) is 0 Å². The van der Waals surface area contributed by atoms with Crippen LogP contribution in [-0.4, -0.2) is 25.6 Å². The molecule has 4 nitrogen and oxygen atoms in total. The Kier molecular flexibility index (Phi) is 6.45. The van der Waals surface area contributed by atoms with Crippen LogP contribution in [0.15, 0.2) is 24.3 Å². The monoisotopic (exact) mass is 268 g/mol. The minimum atomic E-state index is -0.490. The van der Waals surface area contributed by atoms with E-state index >= 15 is 0 Å². The largest absolute Gasteiger partial charge is 0.375 e. The van der Waals surface area contributed by atoms with Crippen LogP contribution in [0.5, 0.6) is 0 Å². The molecule has 2 unspecified atom stereocenters. The standard InChI is InChI=1S/C14H21FN2O2/c1-3-4-12(16)14(18)17-9-13(19-2)10-5-7-11(15)8-6-10/h5-8,12-13H,3-4,9,16H2,1-2H3,(H,17,18). The highest BCUT2D eigenvalue weighted by molar-refractivity contribution is 5.81. The number of hydrogen-bond donors (Lipinski definition) is 2. The number of nitrogens with two attached hydrogens (primary N) is 1. The van der Waals surface area contributed by atoms with Crippen molar-refractivity contribution < 1.29 is 13.9 Å². The molecule has 0 fully saturated rings. The van der Waals surface area contributed by atoms with Crippen LogP contribution in [0.4, 0.5) is 4.39 Å². The van der Waals surface area contributed by atoms with Crippen molar-refractivity contribution >= 4 is 5.91 Å². The van der Waals surface area contributed by atoms with Crippen molar-refractivity contribution in [2.24, 2.45) is 5.73 Å². The van der Waals surface area contributed by atoms with Gasteiger partial charge in [-0.15, -0.1) is 0 Å². The summed E-state index contributed by atoms with van der Waals surface area (Å²) in [7, 11) is 1.55. The van der Waals surface area contributed by atoms with Crippen LogP contribution in [0.25, 0.3) is 0 Å². The lowest BCUT2D eigenvalue weighted by Crippen LogP contribution is -2.42. The van der Waals surface area contributed by atoms with E-state index in [0.29, 0.717) is 13.0 Å². The number of rotatable bonds is 7.